The number of rotatable bonds is 5. The molecule has 1 N–H and O–H groups in total. The largest absolute Gasteiger partial charge is 0.378 e. The molecule has 0 amide bonds. The average molecular weight is 329 g/mol. The van der Waals surface area contributed by atoms with Crippen LogP contribution in [-0.2, 0) is 11.2 Å². The minimum atomic E-state index is 0.749. The molecule has 5 nitrogen and oxygen atoms in total. The van der Waals surface area contributed by atoms with E-state index in [-0.39, 0.29) is 0 Å². The fourth-order valence-electron chi connectivity index (χ4n) is 2.07. The Kier molecular flexibility index (Phi) is 5.39. The van der Waals surface area contributed by atoms with Crippen LogP contribution in [0.25, 0.3) is 0 Å². The van der Waals surface area contributed by atoms with Gasteiger partial charge in [-0.1, -0.05) is 13.3 Å². The summed E-state index contributed by atoms with van der Waals surface area (Å²) in [7, 11) is 0. The Morgan fingerprint density at radius 2 is 2.00 bits per heavy atom. The van der Waals surface area contributed by atoms with Gasteiger partial charge >= 0.3 is 0 Å². The molecule has 1 aromatic rings. The molecule has 0 spiro atoms. The first-order valence-electron chi connectivity index (χ1n) is 6.89. The molecule has 6 heteroatoms. The van der Waals surface area contributed by atoms with Crippen molar-refractivity contribution in [3.05, 3.63) is 10.2 Å². The van der Waals surface area contributed by atoms with Gasteiger partial charge in [0.15, 0.2) is 0 Å². The summed E-state index contributed by atoms with van der Waals surface area (Å²) in [4.78, 5) is 11.5. The zero-order valence-electron chi connectivity index (χ0n) is 11.6. The predicted molar refractivity (Wildman–Crippen MR) is 80.9 cm³/mol. The van der Waals surface area contributed by atoms with Crippen molar-refractivity contribution in [2.24, 2.45) is 0 Å². The molecule has 1 aliphatic heterocycles. The summed E-state index contributed by atoms with van der Waals surface area (Å²) in [5, 5.41) is 3.30. The molecule has 1 aromatic heterocycles. The molecular weight excluding hydrogens is 308 g/mol. The first kappa shape index (κ1) is 14.5. The van der Waals surface area contributed by atoms with Crippen LogP contribution >= 0.6 is 15.9 Å². The Morgan fingerprint density at radius 1 is 1.26 bits per heavy atom. The van der Waals surface area contributed by atoms with Crippen molar-refractivity contribution < 1.29 is 4.74 Å². The molecule has 0 saturated carbocycles. The lowest BCUT2D eigenvalue weighted by atomic mass is 10.2. The molecule has 106 valence electrons. The highest BCUT2D eigenvalue weighted by atomic mass is 79.9. The van der Waals surface area contributed by atoms with Crippen molar-refractivity contribution >= 4 is 27.7 Å². The summed E-state index contributed by atoms with van der Waals surface area (Å²) < 4.78 is 6.37. The van der Waals surface area contributed by atoms with Gasteiger partial charge in [0.2, 0.25) is 5.95 Å². The van der Waals surface area contributed by atoms with Crippen LogP contribution in [0.4, 0.5) is 11.8 Å². The SMILES string of the molecule is CCCc1nc(N2CCOCC2)nc(NCC)c1Br. The van der Waals surface area contributed by atoms with Crippen LogP contribution in [0.3, 0.4) is 0 Å². The second-order valence-corrected chi connectivity index (χ2v) is 5.31. The summed E-state index contributed by atoms with van der Waals surface area (Å²) in [6.07, 6.45) is 2.03. The van der Waals surface area contributed by atoms with Crippen molar-refractivity contribution in [1.29, 1.82) is 0 Å². The van der Waals surface area contributed by atoms with E-state index in [4.69, 9.17) is 9.72 Å². The Balaban J connectivity index is 2.30. The van der Waals surface area contributed by atoms with Gasteiger partial charge in [-0.2, -0.15) is 4.98 Å². The highest BCUT2D eigenvalue weighted by Crippen LogP contribution is 2.27. The van der Waals surface area contributed by atoms with Gasteiger partial charge in [0.1, 0.15) is 5.82 Å². The van der Waals surface area contributed by atoms with Crippen LogP contribution in [0, 0.1) is 0 Å². The number of hydrogen-bond donors (Lipinski definition) is 1. The summed E-state index contributed by atoms with van der Waals surface area (Å²) in [5.41, 5.74) is 1.08. The first-order valence-corrected chi connectivity index (χ1v) is 7.68. The molecule has 1 aliphatic rings. The van der Waals surface area contributed by atoms with Crippen molar-refractivity contribution in [1.82, 2.24) is 9.97 Å². The van der Waals surface area contributed by atoms with E-state index in [1.165, 1.54) is 0 Å². The van der Waals surface area contributed by atoms with Crippen LogP contribution in [-0.4, -0.2) is 42.8 Å². The standard InChI is InChI=1S/C13H21BrN4O/c1-3-5-10-11(14)12(15-4-2)17-13(16-10)18-6-8-19-9-7-18/h3-9H2,1-2H3,(H,15,16,17). The van der Waals surface area contributed by atoms with E-state index in [0.717, 1.165) is 67.6 Å². The van der Waals surface area contributed by atoms with Crippen molar-refractivity contribution in [2.45, 2.75) is 26.7 Å². The van der Waals surface area contributed by atoms with Gasteiger partial charge in [-0.3, -0.25) is 0 Å². The summed E-state index contributed by atoms with van der Waals surface area (Å²) in [5.74, 6) is 1.70. The van der Waals surface area contributed by atoms with E-state index in [0.29, 0.717) is 0 Å². The van der Waals surface area contributed by atoms with Gasteiger partial charge in [0.25, 0.3) is 0 Å². The maximum Gasteiger partial charge on any atom is 0.227 e. The van der Waals surface area contributed by atoms with E-state index in [9.17, 15) is 0 Å². The summed E-state index contributed by atoms with van der Waals surface area (Å²) in [6, 6.07) is 0. The van der Waals surface area contributed by atoms with Gasteiger partial charge in [0.05, 0.1) is 23.4 Å². The molecule has 0 unspecified atom stereocenters. The number of halogens is 1. The first-order chi connectivity index (χ1) is 9.26. The minimum Gasteiger partial charge on any atom is -0.378 e. The molecule has 19 heavy (non-hydrogen) atoms. The highest BCUT2D eigenvalue weighted by Gasteiger charge is 2.18. The van der Waals surface area contributed by atoms with Crippen molar-refractivity contribution in [3.8, 4) is 0 Å². The monoisotopic (exact) mass is 328 g/mol. The molecule has 0 aromatic carbocycles. The highest BCUT2D eigenvalue weighted by molar-refractivity contribution is 9.10. The number of aryl methyl sites for hydroxylation is 1. The van der Waals surface area contributed by atoms with Crippen molar-refractivity contribution in [3.63, 3.8) is 0 Å². The van der Waals surface area contributed by atoms with E-state index < -0.39 is 0 Å². The van der Waals surface area contributed by atoms with Crippen LogP contribution in [0.1, 0.15) is 26.0 Å². The van der Waals surface area contributed by atoms with Crippen LogP contribution in [0.2, 0.25) is 0 Å². The fraction of sp³-hybridized carbons (Fsp3) is 0.692. The summed E-state index contributed by atoms with van der Waals surface area (Å²) in [6.45, 7) is 8.30. The maximum atomic E-state index is 5.38. The predicted octanol–water partition coefficient (Wildman–Crippen LogP) is 2.46. The number of hydrogen-bond acceptors (Lipinski definition) is 5. The lowest BCUT2D eigenvalue weighted by Gasteiger charge is -2.27. The molecule has 0 radical (unpaired) electrons. The van der Waals surface area contributed by atoms with Gasteiger partial charge in [-0.05, 0) is 29.3 Å². The van der Waals surface area contributed by atoms with E-state index >= 15 is 0 Å². The second-order valence-electron chi connectivity index (χ2n) is 4.51. The topological polar surface area (TPSA) is 50.3 Å². The Bertz CT molecular complexity index is 394. The molecule has 2 heterocycles. The molecular formula is C13H21BrN4O. The third-order valence-corrected chi connectivity index (χ3v) is 3.87. The lowest BCUT2D eigenvalue weighted by Crippen LogP contribution is -2.37. The molecule has 1 fully saturated rings. The third kappa shape index (κ3) is 3.57. The van der Waals surface area contributed by atoms with Crippen molar-refractivity contribution in [2.75, 3.05) is 43.1 Å². The van der Waals surface area contributed by atoms with E-state index in [2.05, 4.69) is 45.0 Å². The molecule has 0 atom stereocenters. The van der Waals surface area contributed by atoms with Crippen LogP contribution in [0.15, 0.2) is 4.47 Å². The number of nitrogens with one attached hydrogen (secondary N) is 1. The van der Waals surface area contributed by atoms with Gasteiger partial charge in [-0.25, -0.2) is 4.98 Å². The number of ether oxygens (including phenoxy) is 1. The average Bonchev–Trinajstić information content (AvgIpc) is 2.44. The quantitative estimate of drug-likeness (QED) is 0.899. The number of morpholine rings is 1. The van der Waals surface area contributed by atoms with E-state index in [1.54, 1.807) is 0 Å². The van der Waals surface area contributed by atoms with Crippen LogP contribution < -0.4 is 10.2 Å². The molecule has 1 saturated heterocycles. The minimum absolute atomic E-state index is 0.749. The van der Waals surface area contributed by atoms with Crippen LogP contribution in [0.5, 0.6) is 0 Å². The normalized spacial score (nSPS) is 15.6. The molecule has 2 rings (SSSR count). The molecule has 0 bridgehead atoms. The maximum absolute atomic E-state index is 5.38. The Hall–Kier alpha value is -0.880. The van der Waals surface area contributed by atoms with Gasteiger partial charge in [0, 0.05) is 19.6 Å². The third-order valence-electron chi connectivity index (χ3n) is 3.03. The van der Waals surface area contributed by atoms with E-state index in [1.807, 2.05) is 0 Å². The van der Waals surface area contributed by atoms with Gasteiger partial charge in [-0.15, -0.1) is 0 Å². The Morgan fingerprint density at radius 3 is 2.63 bits per heavy atom. The smallest absolute Gasteiger partial charge is 0.227 e. The number of aromatic nitrogens is 2. The number of nitrogens with zero attached hydrogens (tertiary/aromatic N) is 3. The second kappa shape index (κ2) is 7.05. The molecule has 0 aliphatic carbocycles. The van der Waals surface area contributed by atoms with Gasteiger partial charge < -0.3 is 15.0 Å². The lowest BCUT2D eigenvalue weighted by molar-refractivity contribution is 0.122. The number of anilines is 2. The fourth-order valence-corrected chi connectivity index (χ4v) is 2.59. The zero-order valence-corrected chi connectivity index (χ0v) is 13.2. The zero-order chi connectivity index (χ0) is 13.7. The Labute approximate surface area is 122 Å². The summed E-state index contributed by atoms with van der Waals surface area (Å²) >= 11 is 3.61.